The molecule has 2 aliphatic rings. The lowest BCUT2D eigenvalue weighted by molar-refractivity contribution is -0.319. The van der Waals surface area contributed by atoms with Crippen molar-refractivity contribution in [2.24, 2.45) is 0 Å². The summed E-state index contributed by atoms with van der Waals surface area (Å²) in [4.78, 5) is 82.9. The van der Waals surface area contributed by atoms with Gasteiger partial charge in [0.15, 0.2) is 36.8 Å². The number of hydrogen-bond donors (Lipinski definition) is 0. The van der Waals surface area contributed by atoms with Gasteiger partial charge in [-0.1, -0.05) is 0 Å². The first-order valence-electron chi connectivity index (χ1n) is 12.7. The predicted octanol–water partition coefficient (Wildman–Crippen LogP) is -0.762. The number of ether oxygens (including phenoxy) is 10. The molecule has 2 rings (SSSR count). The lowest BCUT2D eigenvalue weighted by Gasteiger charge is -2.44. The highest BCUT2D eigenvalue weighted by molar-refractivity contribution is 5.70. The molecule has 2 aliphatic heterocycles. The predicted molar refractivity (Wildman–Crippen MR) is 129 cm³/mol. The van der Waals surface area contributed by atoms with Crippen LogP contribution in [0.25, 0.3) is 0 Å². The van der Waals surface area contributed by atoms with E-state index in [1.165, 1.54) is 0 Å². The molecule has 0 amide bonds. The van der Waals surface area contributed by atoms with Gasteiger partial charge < -0.3 is 47.4 Å². The van der Waals surface area contributed by atoms with Crippen molar-refractivity contribution in [1.29, 1.82) is 0 Å². The average Bonchev–Trinajstić information content (AvgIpc) is 2.82. The van der Waals surface area contributed by atoms with E-state index in [4.69, 9.17) is 47.4 Å². The summed E-state index contributed by atoms with van der Waals surface area (Å²) in [6.45, 7) is 6.56. The van der Waals surface area contributed by atoms with Crippen molar-refractivity contribution in [2.45, 2.75) is 104 Å². The van der Waals surface area contributed by atoms with E-state index >= 15 is 0 Å². The SMILES string of the molecule is CC(=O)O[C@H]1O[C@H](CO[C@@H]2OC[C@@H](OC(C)=O)[C@H](OC(C)=O)[C@H]2OC(C)=O)[C@@H](OC(C)=O)[C@H](OC(C)=O)[C@H]1OC(C)=O. The molecule has 0 N–H and O–H groups in total. The molecule has 0 aliphatic carbocycles. The molecule has 0 unspecified atom stereocenters. The van der Waals surface area contributed by atoms with Gasteiger partial charge in [0.05, 0.1) is 13.2 Å². The number of hydrogen-bond acceptors (Lipinski definition) is 17. The van der Waals surface area contributed by atoms with Gasteiger partial charge >= 0.3 is 41.8 Å². The largest absolute Gasteiger partial charge is 0.456 e. The minimum Gasteiger partial charge on any atom is -0.456 e. The van der Waals surface area contributed by atoms with Crippen molar-refractivity contribution in [2.75, 3.05) is 13.2 Å². The van der Waals surface area contributed by atoms with Crippen LogP contribution in [0.15, 0.2) is 0 Å². The maximum Gasteiger partial charge on any atom is 0.305 e. The summed E-state index contributed by atoms with van der Waals surface area (Å²) in [5.74, 6) is -5.74. The Bertz CT molecular complexity index is 1040. The van der Waals surface area contributed by atoms with Crippen LogP contribution in [-0.2, 0) is 80.9 Å². The van der Waals surface area contributed by atoms with E-state index in [1.807, 2.05) is 0 Å². The van der Waals surface area contributed by atoms with E-state index in [1.54, 1.807) is 0 Å². The van der Waals surface area contributed by atoms with E-state index in [-0.39, 0.29) is 6.61 Å². The van der Waals surface area contributed by atoms with Crippen LogP contribution in [0.5, 0.6) is 0 Å². The van der Waals surface area contributed by atoms with Crippen molar-refractivity contribution < 1.29 is 80.9 Å². The maximum atomic E-state index is 12.0. The number of esters is 7. The van der Waals surface area contributed by atoms with Gasteiger partial charge in [-0.3, -0.25) is 33.6 Å². The Hall–Kier alpha value is -3.83. The van der Waals surface area contributed by atoms with Gasteiger partial charge in [0.25, 0.3) is 0 Å². The molecule has 236 valence electrons. The number of carbonyl (C=O) groups is 7. The lowest BCUT2D eigenvalue weighted by atomic mass is 9.98. The van der Waals surface area contributed by atoms with Gasteiger partial charge in [-0.2, -0.15) is 0 Å². The van der Waals surface area contributed by atoms with Crippen LogP contribution in [0, 0.1) is 0 Å². The van der Waals surface area contributed by atoms with Gasteiger partial charge in [-0.25, -0.2) is 0 Å². The molecule has 2 fully saturated rings. The van der Waals surface area contributed by atoms with Crippen LogP contribution in [0.4, 0.5) is 0 Å². The normalized spacial score (nSPS) is 30.6. The molecule has 42 heavy (non-hydrogen) atoms. The fraction of sp³-hybridized carbons (Fsp3) is 0.720. The van der Waals surface area contributed by atoms with Crippen LogP contribution in [0.2, 0.25) is 0 Å². The smallest absolute Gasteiger partial charge is 0.305 e. The Morgan fingerprint density at radius 3 is 1.38 bits per heavy atom. The Balaban J connectivity index is 2.42. The molecule has 0 radical (unpaired) electrons. The van der Waals surface area contributed by atoms with Gasteiger partial charge in [0, 0.05) is 48.5 Å². The van der Waals surface area contributed by atoms with Crippen LogP contribution in [-0.4, -0.2) is 110 Å². The van der Waals surface area contributed by atoms with E-state index in [0.717, 1.165) is 48.5 Å². The first-order chi connectivity index (χ1) is 19.6. The van der Waals surface area contributed by atoms with Gasteiger partial charge in [0.2, 0.25) is 12.4 Å². The zero-order valence-electron chi connectivity index (χ0n) is 24.1. The first-order valence-corrected chi connectivity index (χ1v) is 12.7. The molecule has 17 nitrogen and oxygen atoms in total. The number of rotatable bonds is 10. The Morgan fingerprint density at radius 2 is 0.905 bits per heavy atom. The zero-order valence-corrected chi connectivity index (χ0v) is 24.1. The summed E-state index contributed by atoms with van der Waals surface area (Å²) in [6.07, 6.45) is -13.0. The second kappa shape index (κ2) is 15.4. The quantitative estimate of drug-likeness (QED) is 0.221. The summed E-state index contributed by atoms with van der Waals surface area (Å²) >= 11 is 0. The van der Waals surface area contributed by atoms with Crippen LogP contribution in [0.3, 0.4) is 0 Å². The van der Waals surface area contributed by atoms with Crippen molar-refractivity contribution >= 4 is 41.8 Å². The van der Waals surface area contributed by atoms with Crippen molar-refractivity contribution in [1.82, 2.24) is 0 Å². The van der Waals surface area contributed by atoms with Crippen molar-refractivity contribution in [3.8, 4) is 0 Å². The van der Waals surface area contributed by atoms with Crippen molar-refractivity contribution in [3.63, 3.8) is 0 Å². The molecular formula is C25H34O17. The Labute approximate surface area is 240 Å². The Morgan fingerprint density at radius 1 is 0.500 bits per heavy atom. The Kier molecular flexibility index (Phi) is 12.6. The zero-order chi connectivity index (χ0) is 31.7. The van der Waals surface area contributed by atoms with Crippen molar-refractivity contribution in [3.05, 3.63) is 0 Å². The van der Waals surface area contributed by atoms with Gasteiger partial charge in [-0.05, 0) is 0 Å². The first kappa shape index (κ1) is 34.4. The highest BCUT2D eigenvalue weighted by atomic mass is 16.8. The van der Waals surface area contributed by atoms with Gasteiger partial charge in [-0.15, -0.1) is 0 Å². The molecule has 17 heteroatoms. The van der Waals surface area contributed by atoms with E-state index in [0.29, 0.717) is 0 Å². The second-order valence-corrected chi connectivity index (χ2v) is 9.21. The monoisotopic (exact) mass is 606 g/mol. The topological polar surface area (TPSA) is 212 Å². The third-order valence-electron chi connectivity index (χ3n) is 5.51. The minimum atomic E-state index is -1.64. The highest BCUT2D eigenvalue weighted by Crippen LogP contribution is 2.31. The summed E-state index contributed by atoms with van der Waals surface area (Å²) in [6, 6.07) is 0. The van der Waals surface area contributed by atoms with E-state index in [2.05, 4.69) is 0 Å². The summed E-state index contributed by atoms with van der Waals surface area (Å²) in [7, 11) is 0. The fourth-order valence-electron chi connectivity index (χ4n) is 4.29. The fourth-order valence-corrected chi connectivity index (χ4v) is 4.29. The third kappa shape index (κ3) is 10.2. The average molecular weight is 607 g/mol. The van der Waals surface area contributed by atoms with Crippen LogP contribution < -0.4 is 0 Å². The highest BCUT2D eigenvalue weighted by Gasteiger charge is 2.54. The molecule has 0 aromatic carbocycles. The molecular weight excluding hydrogens is 572 g/mol. The molecule has 0 aromatic rings. The summed E-state index contributed by atoms with van der Waals surface area (Å²) in [5, 5.41) is 0. The summed E-state index contributed by atoms with van der Waals surface area (Å²) < 4.78 is 53.9. The van der Waals surface area contributed by atoms with Crippen LogP contribution >= 0.6 is 0 Å². The van der Waals surface area contributed by atoms with E-state index in [9.17, 15) is 33.6 Å². The molecule has 0 bridgehead atoms. The molecule has 0 saturated carbocycles. The summed E-state index contributed by atoms with van der Waals surface area (Å²) in [5.41, 5.74) is 0. The molecule has 2 saturated heterocycles. The van der Waals surface area contributed by atoms with Gasteiger partial charge in [0.1, 0.15) is 6.10 Å². The molecule has 0 spiro atoms. The minimum absolute atomic E-state index is 0.348. The maximum absolute atomic E-state index is 12.0. The molecule has 9 atom stereocenters. The number of carbonyl (C=O) groups excluding carboxylic acids is 7. The van der Waals surface area contributed by atoms with E-state index < -0.39 is 104 Å². The standard InChI is InChI=1S/C25H34O17/c1-10(26)35-17-8-33-24(22(39-14(5)30)20(17)37-12(3)28)34-9-18-19(36-11(2)27)21(38-13(4)29)23(40-15(6)31)25(42-18)41-16(7)32/h17-25H,8-9H2,1-7H3/t17-,18-,19-,20+,21+,22-,23-,24+,25+/m1/s1. The second-order valence-electron chi connectivity index (χ2n) is 9.21. The lowest BCUT2D eigenvalue weighted by Crippen LogP contribution is -2.64. The van der Waals surface area contributed by atoms with Crippen LogP contribution in [0.1, 0.15) is 48.5 Å². The molecule has 0 aromatic heterocycles. The third-order valence-corrected chi connectivity index (χ3v) is 5.51. The molecule has 2 heterocycles.